The summed E-state index contributed by atoms with van der Waals surface area (Å²) in [6.45, 7) is 0.969. The monoisotopic (exact) mass is 218 g/mol. The zero-order valence-corrected chi connectivity index (χ0v) is 9.15. The highest BCUT2D eigenvalue weighted by atomic mass is 16.3. The number of likely N-dealkylation sites (N-methyl/N-ethyl adjacent to an activating group) is 2. The van der Waals surface area contributed by atoms with Crippen LogP contribution in [0.25, 0.3) is 0 Å². The predicted octanol–water partition coefficient (Wildman–Crippen LogP) is -2.33. The first-order chi connectivity index (χ1) is 6.99. The molecule has 0 aromatic rings. The van der Waals surface area contributed by atoms with Gasteiger partial charge >= 0.3 is 0 Å². The Morgan fingerprint density at radius 1 is 1.20 bits per heavy atom. The normalized spacial score (nSPS) is 16.9. The van der Waals surface area contributed by atoms with Crippen LogP contribution >= 0.6 is 0 Å². The van der Waals surface area contributed by atoms with Crippen molar-refractivity contribution in [1.82, 2.24) is 10.6 Å². The predicted molar refractivity (Wildman–Crippen MR) is 54.5 cm³/mol. The first kappa shape index (κ1) is 14.2. The van der Waals surface area contributed by atoms with Crippen molar-refractivity contribution in [3.05, 3.63) is 0 Å². The molecule has 15 heavy (non-hydrogen) atoms. The average Bonchev–Trinajstić information content (AvgIpc) is 2.19. The molecule has 0 spiro atoms. The van der Waals surface area contributed by atoms with Crippen molar-refractivity contribution >= 4 is 11.6 Å². The first-order valence-corrected chi connectivity index (χ1v) is 4.71. The quantitative estimate of drug-likeness (QED) is 0.358. The van der Waals surface area contributed by atoms with Gasteiger partial charge in [0.15, 0.2) is 0 Å². The SMILES string of the molecule is CN[C@@H](CO)C(=O)C(=O)[C@@H](NC)[C@@H](C)O. The van der Waals surface area contributed by atoms with Crippen LogP contribution in [0, 0.1) is 0 Å². The Bertz CT molecular complexity index is 226. The standard InChI is InChI=1S/C9H18N2O4/c1-5(13)7(11-3)9(15)8(14)6(4-12)10-2/h5-7,10-13H,4H2,1-3H3/t5-,6+,7+/m1/s1. The van der Waals surface area contributed by atoms with E-state index in [1.54, 1.807) is 0 Å². The molecule has 6 nitrogen and oxygen atoms in total. The van der Waals surface area contributed by atoms with Crippen molar-refractivity contribution < 1.29 is 19.8 Å². The van der Waals surface area contributed by atoms with Crippen LogP contribution in [0.5, 0.6) is 0 Å². The molecule has 0 aliphatic rings. The Morgan fingerprint density at radius 2 is 1.73 bits per heavy atom. The van der Waals surface area contributed by atoms with Gasteiger partial charge in [-0.05, 0) is 21.0 Å². The van der Waals surface area contributed by atoms with Crippen LogP contribution in [0.3, 0.4) is 0 Å². The summed E-state index contributed by atoms with van der Waals surface area (Å²) in [7, 11) is 2.96. The number of hydrogen-bond donors (Lipinski definition) is 4. The molecule has 0 saturated carbocycles. The molecule has 6 heteroatoms. The smallest absolute Gasteiger partial charge is 0.219 e. The van der Waals surface area contributed by atoms with E-state index in [0.29, 0.717) is 0 Å². The van der Waals surface area contributed by atoms with Crippen molar-refractivity contribution in [2.75, 3.05) is 20.7 Å². The third-order valence-corrected chi connectivity index (χ3v) is 2.17. The van der Waals surface area contributed by atoms with Crippen LogP contribution < -0.4 is 10.6 Å². The van der Waals surface area contributed by atoms with Crippen molar-refractivity contribution in [2.45, 2.75) is 25.1 Å². The topological polar surface area (TPSA) is 98.7 Å². The number of Topliss-reactive ketones (excluding diaryl/α,β-unsaturated/α-hetero) is 2. The van der Waals surface area contributed by atoms with Crippen LogP contribution in [0.4, 0.5) is 0 Å². The lowest BCUT2D eigenvalue weighted by Gasteiger charge is -2.19. The fourth-order valence-corrected chi connectivity index (χ4v) is 1.22. The maximum atomic E-state index is 11.6. The van der Waals surface area contributed by atoms with Crippen molar-refractivity contribution in [2.24, 2.45) is 0 Å². The highest BCUT2D eigenvalue weighted by molar-refractivity contribution is 6.41. The Labute approximate surface area is 88.7 Å². The van der Waals surface area contributed by atoms with Gasteiger partial charge in [-0.2, -0.15) is 0 Å². The summed E-state index contributed by atoms with van der Waals surface area (Å²) in [5.41, 5.74) is 0. The van der Waals surface area contributed by atoms with Crippen LogP contribution in [0.1, 0.15) is 6.92 Å². The van der Waals surface area contributed by atoms with Gasteiger partial charge in [0.1, 0.15) is 0 Å². The van der Waals surface area contributed by atoms with E-state index in [9.17, 15) is 14.7 Å². The molecule has 0 aliphatic heterocycles. The maximum absolute atomic E-state index is 11.6. The Hall–Kier alpha value is -0.820. The molecule has 3 atom stereocenters. The van der Waals surface area contributed by atoms with E-state index in [0.717, 1.165) is 0 Å². The summed E-state index contributed by atoms with van der Waals surface area (Å²) in [4.78, 5) is 23.0. The molecular formula is C9H18N2O4. The molecule has 4 N–H and O–H groups in total. The third kappa shape index (κ3) is 3.67. The van der Waals surface area contributed by atoms with Crippen molar-refractivity contribution in [3.8, 4) is 0 Å². The summed E-state index contributed by atoms with van der Waals surface area (Å²) in [6, 6.07) is -1.84. The number of nitrogens with one attached hydrogen (secondary N) is 2. The van der Waals surface area contributed by atoms with Crippen molar-refractivity contribution in [1.29, 1.82) is 0 Å². The number of carbonyl (C=O) groups is 2. The van der Waals surface area contributed by atoms with Gasteiger partial charge in [-0.25, -0.2) is 0 Å². The lowest BCUT2D eigenvalue weighted by molar-refractivity contribution is -0.140. The van der Waals surface area contributed by atoms with Gasteiger partial charge in [-0.15, -0.1) is 0 Å². The van der Waals surface area contributed by atoms with Crippen molar-refractivity contribution in [3.63, 3.8) is 0 Å². The van der Waals surface area contributed by atoms with Gasteiger partial charge in [-0.3, -0.25) is 9.59 Å². The van der Waals surface area contributed by atoms with Gasteiger partial charge in [0.25, 0.3) is 0 Å². The van der Waals surface area contributed by atoms with Gasteiger partial charge in [-0.1, -0.05) is 0 Å². The zero-order valence-electron chi connectivity index (χ0n) is 9.15. The lowest BCUT2D eigenvalue weighted by Crippen LogP contribution is -2.52. The maximum Gasteiger partial charge on any atom is 0.219 e. The van der Waals surface area contributed by atoms with Crippen LogP contribution in [-0.4, -0.2) is 60.7 Å². The van der Waals surface area contributed by atoms with E-state index in [-0.39, 0.29) is 0 Å². The lowest BCUT2D eigenvalue weighted by atomic mass is 10.00. The number of hydrogen-bond acceptors (Lipinski definition) is 6. The molecule has 0 heterocycles. The van der Waals surface area contributed by atoms with Gasteiger partial charge < -0.3 is 20.8 Å². The summed E-state index contributed by atoms with van der Waals surface area (Å²) in [5, 5.41) is 23.1. The number of aliphatic hydroxyl groups is 2. The van der Waals surface area contributed by atoms with E-state index in [2.05, 4.69) is 10.6 Å². The largest absolute Gasteiger partial charge is 0.394 e. The Balaban J connectivity index is 4.61. The minimum Gasteiger partial charge on any atom is -0.394 e. The summed E-state index contributed by atoms with van der Waals surface area (Å²) >= 11 is 0. The van der Waals surface area contributed by atoms with Crippen LogP contribution in [0.15, 0.2) is 0 Å². The van der Waals surface area contributed by atoms with Gasteiger partial charge in [0, 0.05) is 0 Å². The fourth-order valence-electron chi connectivity index (χ4n) is 1.22. The average molecular weight is 218 g/mol. The third-order valence-electron chi connectivity index (χ3n) is 2.17. The molecule has 0 bridgehead atoms. The first-order valence-electron chi connectivity index (χ1n) is 4.71. The minimum absolute atomic E-state index is 0.447. The van der Waals surface area contributed by atoms with Crippen LogP contribution in [-0.2, 0) is 9.59 Å². The number of ketones is 2. The summed E-state index contributed by atoms with van der Waals surface area (Å²) in [5.74, 6) is -1.47. The van der Waals surface area contributed by atoms with E-state index in [4.69, 9.17) is 5.11 Å². The van der Waals surface area contributed by atoms with E-state index >= 15 is 0 Å². The second-order valence-electron chi connectivity index (χ2n) is 3.26. The van der Waals surface area contributed by atoms with Gasteiger partial charge in [0.2, 0.25) is 11.6 Å². The molecule has 0 aromatic carbocycles. The van der Waals surface area contributed by atoms with Crippen LogP contribution in [0.2, 0.25) is 0 Å². The van der Waals surface area contributed by atoms with Gasteiger partial charge in [0.05, 0.1) is 24.8 Å². The molecule has 0 radical (unpaired) electrons. The second-order valence-corrected chi connectivity index (χ2v) is 3.26. The van der Waals surface area contributed by atoms with E-state index < -0.39 is 36.4 Å². The van der Waals surface area contributed by atoms with E-state index in [1.165, 1.54) is 21.0 Å². The number of carbonyl (C=O) groups excluding carboxylic acids is 2. The molecule has 0 unspecified atom stereocenters. The molecule has 88 valence electrons. The molecule has 0 rings (SSSR count). The number of aliphatic hydroxyl groups excluding tert-OH is 2. The minimum atomic E-state index is -0.956. The highest BCUT2D eigenvalue weighted by Crippen LogP contribution is 1.98. The summed E-state index contributed by atoms with van der Waals surface area (Å²) in [6.07, 6.45) is -0.956. The molecule has 0 amide bonds. The summed E-state index contributed by atoms with van der Waals surface area (Å²) < 4.78 is 0. The van der Waals surface area contributed by atoms with E-state index in [1.807, 2.05) is 0 Å². The molecule has 0 saturated heterocycles. The molecular weight excluding hydrogens is 200 g/mol. The molecule has 0 aromatic heterocycles. The second kappa shape index (κ2) is 6.62. The fraction of sp³-hybridized carbons (Fsp3) is 0.778. The highest BCUT2D eigenvalue weighted by Gasteiger charge is 2.31. The zero-order chi connectivity index (χ0) is 12.0. The number of rotatable bonds is 7. The molecule has 0 aliphatic carbocycles. The Morgan fingerprint density at radius 3 is 2.00 bits per heavy atom. The Kier molecular flexibility index (Phi) is 6.26. The molecule has 0 fully saturated rings.